The second-order valence-corrected chi connectivity index (χ2v) is 4.20. The van der Waals surface area contributed by atoms with Gasteiger partial charge in [-0.15, -0.1) is 0 Å². The molecule has 0 radical (unpaired) electrons. The lowest BCUT2D eigenvalue weighted by molar-refractivity contribution is 0.445. The molecule has 0 amide bonds. The Hall–Kier alpha value is -0.600. The first-order chi connectivity index (χ1) is 6.40. The predicted molar refractivity (Wildman–Crippen MR) is 58.0 cm³/mol. The van der Waals surface area contributed by atoms with E-state index in [9.17, 15) is 4.39 Å². The average Bonchev–Trinajstić information content (AvgIpc) is 2.12. The van der Waals surface area contributed by atoms with Crippen molar-refractivity contribution in [2.24, 2.45) is 5.73 Å². The van der Waals surface area contributed by atoms with E-state index >= 15 is 0 Å². The molecule has 14 heavy (non-hydrogen) atoms. The third-order valence-corrected chi connectivity index (χ3v) is 3.08. The summed E-state index contributed by atoms with van der Waals surface area (Å²) in [6, 6.07) is 3.07. The summed E-state index contributed by atoms with van der Waals surface area (Å²) in [5.41, 5.74) is 6.56. The largest absolute Gasteiger partial charge is 0.321 e. The number of aryl methyl sites for hydroxylation is 1. The maximum atomic E-state index is 13.5. The molecule has 1 aromatic carbocycles. The van der Waals surface area contributed by atoms with Gasteiger partial charge in [0, 0.05) is 11.1 Å². The van der Waals surface area contributed by atoms with Crippen molar-refractivity contribution in [1.82, 2.24) is 0 Å². The minimum absolute atomic E-state index is 0.326. The summed E-state index contributed by atoms with van der Waals surface area (Å²) < 4.78 is 13.5. The van der Waals surface area contributed by atoms with E-state index in [0.717, 1.165) is 5.56 Å². The summed E-state index contributed by atoms with van der Waals surface area (Å²) in [5, 5.41) is 0.442. The summed E-state index contributed by atoms with van der Waals surface area (Å²) in [6.07, 6.45) is 0.646. The Kier molecular flexibility index (Phi) is 3.17. The average molecular weight is 216 g/mol. The van der Waals surface area contributed by atoms with Crippen LogP contribution < -0.4 is 5.73 Å². The molecular formula is C11H15ClFN. The highest BCUT2D eigenvalue weighted by molar-refractivity contribution is 6.32. The van der Waals surface area contributed by atoms with Crippen LogP contribution >= 0.6 is 11.6 Å². The maximum absolute atomic E-state index is 13.5. The minimum Gasteiger partial charge on any atom is -0.321 e. The Labute approximate surface area is 89.1 Å². The van der Waals surface area contributed by atoms with E-state index in [1.165, 1.54) is 6.07 Å². The number of nitrogens with two attached hydrogens (primary N) is 1. The first-order valence-corrected chi connectivity index (χ1v) is 5.02. The molecule has 0 bridgehead atoms. The van der Waals surface area contributed by atoms with Crippen LogP contribution in [-0.4, -0.2) is 0 Å². The third-order valence-electron chi connectivity index (χ3n) is 2.59. The van der Waals surface area contributed by atoms with E-state index in [-0.39, 0.29) is 5.82 Å². The fourth-order valence-corrected chi connectivity index (χ4v) is 1.73. The molecule has 1 rings (SSSR count). The van der Waals surface area contributed by atoms with Gasteiger partial charge in [-0.25, -0.2) is 4.39 Å². The molecule has 0 saturated heterocycles. The van der Waals surface area contributed by atoms with Crippen LogP contribution in [0.5, 0.6) is 0 Å². The number of hydrogen-bond acceptors (Lipinski definition) is 1. The Morgan fingerprint density at radius 2 is 2.07 bits per heavy atom. The molecule has 0 saturated carbocycles. The third kappa shape index (κ3) is 1.91. The van der Waals surface area contributed by atoms with Crippen LogP contribution in [-0.2, 0) is 5.54 Å². The van der Waals surface area contributed by atoms with Gasteiger partial charge in [-0.2, -0.15) is 0 Å². The van der Waals surface area contributed by atoms with Crippen molar-refractivity contribution in [2.45, 2.75) is 32.7 Å². The summed E-state index contributed by atoms with van der Waals surface area (Å²) in [4.78, 5) is 0. The quantitative estimate of drug-likeness (QED) is 0.804. The molecule has 0 heterocycles. The zero-order valence-electron chi connectivity index (χ0n) is 8.70. The second-order valence-electron chi connectivity index (χ2n) is 3.82. The lowest BCUT2D eigenvalue weighted by Crippen LogP contribution is -2.33. The summed E-state index contributed by atoms with van der Waals surface area (Å²) >= 11 is 6.04. The van der Waals surface area contributed by atoms with E-state index in [2.05, 4.69) is 0 Å². The highest BCUT2D eigenvalue weighted by atomic mass is 35.5. The van der Waals surface area contributed by atoms with Crippen molar-refractivity contribution in [1.29, 1.82) is 0 Å². The number of hydrogen-bond donors (Lipinski definition) is 1. The van der Waals surface area contributed by atoms with E-state index in [0.29, 0.717) is 17.0 Å². The molecule has 0 aliphatic rings. The Balaban J connectivity index is 3.40. The van der Waals surface area contributed by atoms with Gasteiger partial charge >= 0.3 is 0 Å². The molecule has 78 valence electrons. The van der Waals surface area contributed by atoms with Crippen LogP contribution in [0.2, 0.25) is 5.02 Å². The predicted octanol–water partition coefficient (Wildman–Crippen LogP) is 3.37. The molecule has 0 aliphatic carbocycles. The fourth-order valence-electron chi connectivity index (χ4n) is 1.36. The first kappa shape index (κ1) is 11.5. The SMILES string of the molecule is CC[C@@](C)(N)c1c(F)ccc(C)c1Cl. The lowest BCUT2D eigenvalue weighted by atomic mass is 9.89. The van der Waals surface area contributed by atoms with Gasteiger partial charge in [0.05, 0.1) is 5.02 Å². The zero-order valence-corrected chi connectivity index (χ0v) is 9.45. The van der Waals surface area contributed by atoms with Crippen LogP contribution in [0.25, 0.3) is 0 Å². The minimum atomic E-state index is -0.701. The topological polar surface area (TPSA) is 26.0 Å². The number of rotatable bonds is 2. The van der Waals surface area contributed by atoms with E-state index < -0.39 is 5.54 Å². The van der Waals surface area contributed by atoms with Crippen LogP contribution in [0, 0.1) is 12.7 Å². The molecule has 0 fully saturated rings. The van der Waals surface area contributed by atoms with Gasteiger partial charge in [-0.1, -0.05) is 24.6 Å². The fraction of sp³-hybridized carbons (Fsp3) is 0.455. The summed E-state index contributed by atoms with van der Waals surface area (Å²) in [7, 11) is 0. The molecule has 1 atom stereocenters. The number of benzene rings is 1. The van der Waals surface area contributed by atoms with Crippen molar-refractivity contribution >= 4 is 11.6 Å². The van der Waals surface area contributed by atoms with Crippen molar-refractivity contribution in [3.63, 3.8) is 0 Å². The molecule has 1 aromatic rings. The van der Waals surface area contributed by atoms with Crippen molar-refractivity contribution < 1.29 is 4.39 Å². The molecule has 0 aromatic heterocycles. The molecule has 0 unspecified atom stereocenters. The van der Waals surface area contributed by atoms with Crippen molar-refractivity contribution in [3.05, 3.63) is 34.1 Å². The Morgan fingerprint density at radius 3 is 2.57 bits per heavy atom. The van der Waals surface area contributed by atoms with Crippen LogP contribution in [0.15, 0.2) is 12.1 Å². The van der Waals surface area contributed by atoms with Gasteiger partial charge in [0.1, 0.15) is 5.82 Å². The van der Waals surface area contributed by atoms with Crippen molar-refractivity contribution in [3.8, 4) is 0 Å². The zero-order chi connectivity index (χ0) is 10.9. The normalized spacial score (nSPS) is 15.3. The molecule has 2 N–H and O–H groups in total. The van der Waals surface area contributed by atoms with E-state index in [4.69, 9.17) is 17.3 Å². The highest BCUT2D eigenvalue weighted by Gasteiger charge is 2.26. The van der Waals surface area contributed by atoms with Gasteiger partial charge in [0.2, 0.25) is 0 Å². The Morgan fingerprint density at radius 1 is 1.50 bits per heavy atom. The molecule has 1 nitrogen and oxygen atoms in total. The van der Waals surface area contributed by atoms with E-state index in [1.54, 1.807) is 13.0 Å². The summed E-state index contributed by atoms with van der Waals surface area (Å²) in [5.74, 6) is -0.326. The molecular weight excluding hydrogens is 201 g/mol. The van der Waals surface area contributed by atoms with Gasteiger partial charge in [0.15, 0.2) is 0 Å². The standard InChI is InChI=1S/C11H15ClFN/c1-4-11(3,14)9-8(13)6-5-7(2)10(9)12/h5-6H,4,14H2,1-3H3/t11-/m1/s1. The van der Waals surface area contributed by atoms with Gasteiger partial charge in [0.25, 0.3) is 0 Å². The second kappa shape index (κ2) is 3.87. The molecule has 3 heteroatoms. The smallest absolute Gasteiger partial charge is 0.129 e. The number of halogens is 2. The van der Waals surface area contributed by atoms with Crippen LogP contribution in [0.3, 0.4) is 0 Å². The first-order valence-electron chi connectivity index (χ1n) is 4.64. The van der Waals surface area contributed by atoms with Crippen LogP contribution in [0.4, 0.5) is 4.39 Å². The van der Waals surface area contributed by atoms with Gasteiger partial charge in [-0.3, -0.25) is 0 Å². The Bertz CT molecular complexity index is 347. The molecule has 0 aliphatic heterocycles. The summed E-state index contributed by atoms with van der Waals surface area (Å²) in [6.45, 7) is 5.55. The van der Waals surface area contributed by atoms with Gasteiger partial charge < -0.3 is 5.73 Å². The highest BCUT2D eigenvalue weighted by Crippen LogP contribution is 2.32. The lowest BCUT2D eigenvalue weighted by Gasteiger charge is -2.25. The maximum Gasteiger partial charge on any atom is 0.129 e. The van der Waals surface area contributed by atoms with Crippen molar-refractivity contribution in [2.75, 3.05) is 0 Å². The monoisotopic (exact) mass is 215 g/mol. The molecule has 0 spiro atoms. The van der Waals surface area contributed by atoms with Gasteiger partial charge in [-0.05, 0) is 31.9 Å². The van der Waals surface area contributed by atoms with Crippen LogP contribution in [0.1, 0.15) is 31.4 Å². The van der Waals surface area contributed by atoms with E-state index in [1.807, 2.05) is 13.8 Å².